The Morgan fingerprint density at radius 1 is 1.00 bits per heavy atom. The van der Waals surface area contributed by atoms with Gasteiger partial charge in [0.25, 0.3) is 11.8 Å². The number of nitrogens with two attached hydrogens (primary N) is 1. The highest BCUT2D eigenvalue weighted by atomic mass is 16.6. The highest BCUT2D eigenvalue weighted by Gasteiger charge is 2.13. The normalized spacial score (nSPS) is 10.3. The zero-order valence-electron chi connectivity index (χ0n) is 15.2. The Morgan fingerprint density at radius 3 is 2.37 bits per heavy atom. The van der Waals surface area contributed by atoms with Gasteiger partial charge in [-0.05, 0) is 29.7 Å². The molecule has 0 aliphatic rings. The van der Waals surface area contributed by atoms with Crippen molar-refractivity contribution in [2.24, 2.45) is 5.73 Å². The van der Waals surface area contributed by atoms with Crippen molar-refractivity contribution in [1.29, 1.82) is 0 Å². The number of nitrogens with one attached hydrogen (secondary N) is 1. The number of benzene rings is 2. The van der Waals surface area contributed by atoms with Crippen LogP contribution in [0.3, 0.4) is 0 Å². The van der Waals surface area contributed by atoms with E-state index in [2.05, 4.69) is 5.32 Å². The fourth-order valence-electron chi connectivity index (χ4n) is 2.41. The van der Waals surface area contributed by atoms with Gasteiger partial charge < -0.3 is 20.5 Å². The average molecular weight is 370 g/mol. The number of primary amides is 1. The summed E-state index contributed by atoms with van der Waals surface area (Å²) in [5, 5.41) is 2.49. The molecule has 2 aromatic carbocycles. The van der Waals surface area contributed by atoms with Crippen molar-refractivity contribution in [2.75, 3.05) is 18.5 Å². The number of ether oxygens (including phenoxy) is 2. The molecular formula is C20H22N2O5. The van der Waals surface area contributed by atoms with Crippen LogP contribution >= 0.6 is 0 Å². The molecule has 0 spiro atoms. The number of hydrogen-bond acceptors (Lipinski definition) is 5. The predicted octanol–water partition coefficient (Wildman–Crippen LogP) is 2.47. The third-order valence-electron chi connectivity index (χ3n) is 3.72. The second-order valence-electron chi connectivity index (χ2n) is 6.10. The number of para-hydroxylation sites is 2. The summed E-state index contributed by atoms with van der Waals surface area (Å²) in [5.41, 5.74) is 6.66. The fourth-order valence-corrected chi connectivity index (χ4v) is 2.41. The van der Waals surface area contributed by atoms with Crippen LogP contribution in [0.2, 0.25) is 0 Å². The molecule has 3 N–H and O–H groups in total. The summed E-state index contributed by atoms with van der Waals surface area (Å²) in [6.45, 7) is 3.24. The number of rotatable bonds is 8. The van der Waals surface area contributed by atoms with Crippen LogP contribution in [0.5, 0.6) is 5.75 Å². The van der Waals surface area contributed by atoms with Gasteiger partial charge in [-0.3, -0.25) is 9.59 Å². The van der Waals surface area contributed by atoms with E-state index in [1.54, 1.807) is 18.2 Å². The molecule has 0 aliphatic heterocycles. The first-order valence-electron chi connectivity index (χ1n) is 8.44. The molecule has 2 amide bonds. The van der Waals surface area contributed by atoms with Crippen LogP contribution in [0, 0.1) is 0 Å². The third kappa shape index (κ3) is 5.85. The maximum absolute atomic E-state index is 11.9. The molecule has 0 saturated heterocycles. The van der Waals surface area contributed by atoms with Gasteiger partial charge in [-0.1, -0.05) is 44.2 Å². The molecule has 0 aromatic heterocycles. The zero-order valence-corrected chi connectivity index (χ0v) is 15.2. The zero-order chi connectivity index (χ0) is 19.8. The Kier molecular flexibility index (Phi) is 6.93. The van der Waals surface area contributed by atoms with Crippen molar-refractivity contribution < 1.29 is 23.9 Å². The van der Waals surface area contributed by atoms with Gasteiger partial charge in [0.05, 0.1) is 11.3 Å². The van der Waals surface area contributed by atoms with Gasteiger partial charge in [-0.2, -0.15) is 0 Å². The molecule has 0 unspecified atom stereocenters. The minimum Gasteiger partial charge on any atom is -0.482 e. The second-order valence-corrected chi connectivity index (χ2v) is 6.10. The van der Waals surface area contributed by atoms with E-state index in [1.165, 1.54) is 12.1 Å². The molecule has 2 rings (SSSR count). The lowest BCUT2D eigenvalue weighted by atomic mass is 10.0. The molecule has 7 nitrogen and oxygen atoms in total. The van der Waals surface area contributed by atoms with E-state index in [1.807, 2.05) is 32.0 Å². The lowest BCUT2D eigenvalue weighted by molar-refractivity contribution is -0.149. The quantitative estimate of drug-likeness (QED) is 0.694. The van der Waals surface area contributed by atoms with Gasteiger partial charge in [0.15, 0.2) is 13.2 Å². The van der Waals surface area contributed by atoms with Crippen LogP contribution < -0.4 is 15.8 Å². The fraction of sp³-hybridized carbons (Fsp3) is 0.250. The molecule has 2 aromatic rings. The van der Waals surface area contributed by atoms with Gasteiger partial charge in [-0.15, -0.1) is 0 Å². The number of carbonyl (C=O) groups excluding carboxylic acids is 3. The Balaban J connectivity index is 1.84. The van der Waals surface area contributed by atoms with Crippen molar-refractivity contribution in [3.8, 4) is 5.75 Å². The predicted molar refractivity (Wildman–Crippen MR) is 101 cm³/mol. The van der Waals surface area contributed by atoms with Gasteiger partial charge in [-0.25, -0.2) is 4.79 Å². The Labute approximate surface area is 157 Å². The smallest absolute Gasteiger partial charge is 0.344 e. The minimum atomic E-state index is -0.674. The summed E-state index contributed by atoms with van der Waals surface area (Å²) in [5.74, 6) is -1.08. The van der Waals surface area contributed by atoms with Crippen molar-refractivity contribution in [3.05, 3.63) is 59.7 Å². The summed E-state index contributed by atoms with van der Waals surface area (Å²) in [7, 11) is 0. The lowest BCUT2D eigenvalue weighted by Gasteiger charge is -2.13. The highest BCUT2D eigenvalue weighted by Crippen LogP contribution is 2.25. The first-order chi connectivity index (χ1) is 12.9. The SMILES string of the molecule is CC(C)c1ccccc1OCC(=O)OCC(=O)Nc1ccccc1C(N)=O. The molecular weight excluding hydrogens is 348 g/mol. The van der Waals surface area contributed by atoms with Crippen molar-refractivity contribution in [3.63, 3.8) is 0 Å². The Bertz CT molecular complexity index is 833. The van der Waals surface area contributed by atoms with Gasteiger partial charge >= 0.3 is 5.97 Å². The van der Waals surface area contributed by atoms with Crippen LogP contribution in [0.15, 0.2) is 48.5 Å². The molecule has 0 radical (unpaired) electrons. The van der Waals surface area contributed by atoms with E-state index < -0.39 is 24.4 Å². The summed E-state index contributed by atoms with van der Waals surface area (Å²) in [6.07, 6.45) is 0. The second kappa shape index (κ2) is 9.38. The van der Waals surface area contributed by atoms with Gasteiger partial charge in [0, 0.05) is 0 Å². The number of hydrogen-bond donors (Lipinski definition) is 2. The number of esters is 1. The van der Waals surface area contributed by atoms with Crippen LogP contribution in [0.1, 0.15) is 35.7 Å². The third-order valence-corrected chi connectivity index (χ3v) is 3.72. The topological polar surface area (TPSA) is 108 Å². The molecule has 0 fully saturated rings. The van der Waals surface area contributed by atoms with Crippen LogP contribution in [-0.2, 0) is 14.3 Å². The van der Waals surface area contributed by atoms with Crippen LogP contribution in [0.25, 0.3) is 0 Å². The van der Waals surface area contributed by atoms with Crippen molar-refractivity contribution in [2.45, 2.75) is 19.8 Å². The molecule has 27 heavy (non-hydrogen) atoms. The van der Waals surface area contributed by atoms with E-state index in [0.717, 1.165) is 5.56 Å². The van der Waals surface area contributed by atoms with Crippen LogP contribution in [0.4, 0.5) is 5.69 Å². The average Bonchev–Trinajstić information content (AvgIpc) is 2.65. The minimum absolute atomic E-state index is 0.172. The van der Waals surface area contributed by atoms with E-state index >= 15 is 0 Å². The molecule has 7 heteroatoms. The molecule has 0 atom stereocenters. The molecule has 0 bridgehead atoms. The number of carbonyl (C=O) groups is 3. The Hall–Kier alpha value is -3.35. The molecule has 0 heterocycles. The molecule has 0 saturated carbocycles. The summed E-state index contributed by atoms with van der Waals surface area (Å²) in [6, 6.07) is 13.7. The van der Waals surface area contributed by atoms with Crippen molar-refractivity contribution in [1.82, 2.24) is 0 Å². The first-order valence-corrected chi connectivity index (χ1v) is 8.44. The maximum Gasteiger partial charge on any atom is 0.344 e. The first kappa shape index (κ1) is 20.0. The maximum atomic E-state index is 11.9. The van der Waals surface area contributed by atoms with E-state index in [4.69, 9.17) is 15.2 Å². The van der Waals surface area contributed by atoms with E-state index in [-0.39, 0.29) is 23.8 Å². The summed E-state index contributed by atoms with van der Waals surface area (Å²) < 4.78 is 10.4. The number of anilines is 1. The summed E-state index contributed by atoms with van der Waals surface area (Å²) in [4.78, 5) is 35.1. The molecule has 142 valence electrons. The standard InChI is InChI=1S/C20H22N2O5/c1-13(2)14-7-4-6-10-17(14)26-12-19(24)27-11-18(23)22-16-9-5-3-8-15(16)20(21)25/h3-10,13H,11-12H2,1-2H3,(H2,21,25)(H,22,23). The van der Waals surface area contributed by atoms with E-state index in [0.29, 0.717) is 5.75 Å². The van der Waals surface area contributed by atoms with E-state index in [9.17, 15) is 14.4 Å². The van der Waals surface area contributed by atoms with Gasteiger partial charge in [0.1, 0.15) is 5.75 Å². The van der Waals surface area contributed by atoms with Crippen LogP contribution in [-0.4, -0.2) is 31.0 Å². The van der Waals surface area contributed by atoms with Crippen molar-refractivity contribution >= 4 is 23.5 Å². The molecule has 0 aliphatic carbocycles. The summed E-state index contributed by atoms with van der Waals surface area (Å²) >= 11 is 0. The Morgan fingerprint density at radius 2 is 1.67 bits per heavy atom. The largest absolute Gasteiger partial charge is 0.482 e. The monoisotopic (exact) mass is 370 g/mol. The lowest BCUT2D eigenvalue weighted by Crippen LogP contribution is -2.25. The van der Waals surface area contributed by atoms with Gasteiger partial charge in [0.2, 0.25) is 0 Å². The highest BCUT2D eigenvalue weighted by molar-refractivity contribution is 6.03. The number of amides is 2.